The lowest BCUT2D eigenvalue weighted by Crippen LogP contribution is -3.16. The fourth-order valence-electron chi connectivity index (χ4n) is 3.91. The number of hydrogen-bond acceptors (Lipinski definition) is 4. The van der Waals surface area contributed by atoms with Crippen molar-refractivity contribution in [2.24, 2.45) is 0 Å². The zero-order chi connectivity index (χ0) is 15.7. The summed E-state index contributed by atoms with van der Waals surface area (Å²) in [7, 11) is 2.10. The van der Waals surface area contributed by atoms with Crippen LogP contribution in [0.3, 0.4) is 0 Å². The smallest absolute Gasteiger partial charge is 0.316 e. The molecule has 0 radical (unpaired) electrons. The van der Waals surface area contributed by atoms with Crippen LogP contribution in [0.4, 0.5) is 0 Å². The molecule has 1 aromatic rings. The molecule has 120 valence electrons. The molecule has 2 bridgehead atoms. The number of quaternary nitrogens is 1. The van der Waals surface area contributed by atoms with Crippen LogP contribution in [0.15, 0.2) is 30.3 Å². The molecule has 5 nitrogen and oxygen atoms in total. The SMILES string of the molecule is C[NH+]1C2CC(OC(=O)C(CO)c3ccccc3)CC1C(O)C2. The Hall–Kier alpha value is -1.43. The van der Waals surface area contributed by atoms with Crippen molar-refractivity contribution in [1.82, 2.24) is 0 Å². The van der Waals surface area contributed by atoms with E-state index in [0.29, 0.717) is 12.5 Å². The Morgan fingerprint density at radius 1 is 1.32 bits per heavy atom. The molecular formula is C17H24NO4+. The highest BCUT2D eigenvalue weighted by Gasteiger charge is 2.49. The van der Waals surface area contributed by atoms with Crippen molar-refractivity contribution in [2.45, 2.75) is 49.5 Å². The van der Waals surface area contributed by atoms with Crippen LogP contribution in [-0.4, -0.2) is 54.1 Å². The van der Waals surface area contributed by atoms with Crippen LogP contribution in [0.1, 0.15) is 30.7 Å². The average molecular weight is 306 g/mol. The van der Waals surface area contributed by atoms with E-state index in [2.05, 4.69) is 7.05 Å². The number of fused-ring (bicyclic) bond motifs is 2. The third kappa shape index (κ3) is 2.89. The highest BCUT2D eigenvalue weighted by atomic mass is 16.5. The van der Waals surface area contributed by atoms with E-state index < -0.39 is 5.92 Å². The standard InChI is InChI=1S/C17H23NO4/c1-18-12-7-13(9-15(18)16(20)8-12)22-17(21)14(10-19)11-5-3-2-4-6-11/h2-6,12-16,19-20H,7-10H2,1H3/p+1. The molecule has 0 aliphatic carbocycles. The van der Waals surface area contributed by atoms with E-state index >= 15 is 0 Å². The van der Waals surface area contributed by atoms with Gasteiger partial charge in [-0.2, -0.15) is 0 Å². The predicted octanol–water partition coefficient (Wildman–Crippen LogP) is -0.515. The molecule has 0 aromatic heterocycles. The maximum absolute atomic E-state index is 12.4. The van der Waals surface area contributed by atoms with Crippen molar-refractivity contribution in [3.63, 3.8) is 0 Å². The molecule has 2 saturated heterocycles. The summed E-state index contributed by atoms with van der Waals surface area (Å²) >= 11 is 0. The van der Waals surface area contributed by atoms with Gasteiger partial charge in [0, 0.05) is 19.3 Å². The van der Waals surface area contributed by atoms with E-state index in [1.165, 1.54) is 4.90 Å². The van der Waals surface area contributed by atoms with Crippen LogP contribution in [0.2, 0.25) is 0 Å². The first kappa shape index (κ1) is 15.5. The largest absolute Gasteiger partial charge is 0.461 e. The summed E-state index contributed by atoms with van der Waals surface area (Å²) in [4.78, 5) is 13.7. The predicted molar refractivity (Wildman–Crippen MR) is 80.5 cm³/mol. The summed E-state index contributed by atoms with van der Waals surface area (Å²) in [6.45, 7) is -0.254. The van der Waals surface area contributed by atoms with Gasteiger partial charge in [0.1, 0.15) is 24.2 Å². The number of rotatable bonds is 4. The topological polar surface area (TPSA) is 71.2 Å². The number of aliphatic hydroxyl groups excluding tert-OH is 2. The molecule has 6 unspecified atom stereocenters. The summed E-state index contributed by atoms with van der Waals surface area (Å²) in [5, 5.41) is 19.6. The van der Waals surface area contributed by atoms with Gasteiger partial charge in [-0.15, -0.1) is 0 Å². The number of likely N-dealkylation sites (N-methyl/N-ethyl adjacent to an activating group) is 1. The third-order valence-corrected chi connectivity index (χ3v) is 5.24. The molecule has 0 saturated carbocycles. The monoisotopic (exact) mass is 306 g/mol. The minimum absolute atomic E-state index is 0.152. The number of hydrogen-bond donors (Lipinski definition) is 3. The molecule has 6 atom stereocenters. The second-order valence-corrected chi connectivity index (χ2v) is 6.53. The second-order valence-electron chi connectivity index (χ2n) is 6.53. The van der Waals surface area contributed by atoms with Crippen molar-refractivity contribution in [2.75, 3.05) is 13.7 Å². The second kappa shape index (κ2) is 6.36. The van der Waals surface area contributed by atoms with Crippen LogP contribution < -0.4 is 4.90 Å². The molecule has 1 aromatic carbocycles. The van der Waals surface area contributed by atoms with Crippen LogP contribution in [0.25, 0.3) is 0 Å². The van der Waals surface area contributed by atoms with Gasteiger partial charge >= 0.3 is 5.97 Å². The maximum atomic E-state index is 12.4. The van der Waals surface area contributed by atoms with Gasteiger partial charge in [-0.05, 0) is 5.56 Å². The normalized spacial score (nSPS) is 35.1. The third-order valence-electron chi connectivity index (χ3n) is 5.24. The van der Waals surface area contributed by atoms with E-state index in [1.807, 2.05) is 30.3 Å². The fourth-order valence-corrected chi connectivity index (χ4v) is 3.91. The van der Waals surface area contributed by atoms with Gasteiger partial charge in [-0.1, -0.05) is 30.3 Å². The van der Waals surface area contributed by atoms with E-state index in [-0.39, 0.29) is 30.8 Å². The molecule has 22 heavy (non-hydrogen) atoms. The number of piperidine rings is 1. The van der Waals surface area contributed by atoms with Gasteiger partial charge in [0.25, 0.3) is 0 Å². The van der Waals surface area contributed by atoms with Gasteiger partial charge in [0.2, 0.25) is 0 Å². The Balaban J connectivity index is 1.65. The number of esters is 1. The summed E-state index contributed by atoms with van der Waals surface area (Å²) in [6.07, 6.45) is 1.82. The lowest BCUT2D eigenvalue weighted by atomic mass is 9.98. The van der Waals surface area contributed by atoms with E-state index in [9.17, 15) is 15.0 Å². The number of ether oxygens (including phenoxy) is 1. The van der Waals surface area contributed by atoms with Crippen molar-refractivity contribution in [3.05, 3.63) is 35.9 Å². The van der Waals surface area contributed by atoms with Crippen molar-refractivity contribution >= 4 is 5.97 Å². The lowest BCUT2D eigenvalue weighted by molar-refractivity contribution is -0.924. The Labute approximate surface area is 130 Å². The summed E-state index contributed by atoms with van der Waals surface area (Å²) in [5.74, 6) is -0.997. The molecule has 2 heterocycles. The van der Waals surface area contributed by atoms with Crippen molar-refractivity contribution < 1.29 is 24.6 Å². The fraction of sp³-hybridized carbons (Fsp3) is 0.588. The Bertz CT molecular complexity index is 521. The van der Waals surface area contributed by atoms with E-state index in [0.717, 1.165) is 18.4 Å². The van der Waals surface area contributed by atoms with E-state index in [1.54, 1.807) is 0 Å². The van der Waals surface area contributed by atoms with Gasteiger partial charge < -0.3 is 19.8 Å². The molecule has 0 spiro atoms. The molecule has 0 amide bonds. The van der Waals surface area contributed by atoms with Crippen LogP contribution in [0.5, 0.6) is 0 Å². The highest BCUT2D eigenvalue weighted by Crippen LogP contribution is 2.27. The summed E-state index contributed by atoms with van der Waals surface area (Å²) in [6, 6.07) is 9.74. The quantitative estimate of drug-likeness (QED) is 0.655. The number of nitrogens with one attached hydrogen (secondary N) is 1. The van der Waals surface area contributed by atoms with Gasteiger partial charge in [0.05, 0.1) is 19.7 Å². The first-order chi connectivity index (χ1) is 10.6. The minimum atomic E-state index is -0.629. The summed E-state index contributed by atoms with van der Waals surface area (Å²) < 4.78 is 5.65. The van der Waals surface area contributed by atoms with Gasteiger partial charge in [-0.25, -0.2) is 0 Å². The van der Waals surface area contributed by atoms with Crippen LogP contribution >= 0.6 is 0 Å². The van der Waals surface area contributed by atoms with Crippen LogP contribution in [-0.2, 0) is 9.53 Å². The number of carbonyl (C=O) groups excluding carboxylic acids is 1. The van der Waals surface area contributed by atoms with Crippen molar-refractivity contribution in [1.29, 1.82) is 0 Å². The molecular weight excluding hydrogens is 282 g/mol. The van der Waals surface area contributed by atoms with E-state index in [4.69, 9.17) is 4.74 Å². The molecule has 2 aliphatic rings. The molecule has 5 heteroatoms. The van der Waals surface area contributed by atoms with Gasteiger partial charge in [-0.3, -0.25) is 4.79 Å². The zero-order valence-corrected chi connectivity index (χ0v) is 12.8. The molecule has 2 fully saturated rings. The molecule has 2 aliphatic heterocycles. The lowest BCUT2D eigenvalue weighted by Gasteiger charge is -2.33. The first-order valence-electron chi connectivity index (χ1n) is 7.97. The Morgan fingerprint density at radius 3 is 2.68 bits per heavy atom. The zero-order valence-electron chi connectivity index (χ0n) is 12.8. The maximum Gasteiger partial charge on any atom is 0.316 e. The Kier molecular flexibility index (Phi) is 4.47. The first-order valence-corrected chi connectivity index (χ1v) is 7.97. The summed E-state index contributed by atoms with van der Waals surface area (Å²) in [5.41, 5.74) is 0.775. The highest BCUT2D eigenvalue weighted by molar-refractivity contribution is 5.78. The molecule has 3 rings (SSSR count). The minimum Gasteiger partial charge on any atom is -0.461 e. The van der Waals surface area contributed by atoms with Crippen LogP contribution in [0, 0.1) is 0 Å². The number of benzene rings is 1. The number of carbonyl (C=O) groups is 1. The number of aliphatic hydroxyl groups is 2. The average Bonchev–Trinajstić information content (AvgIpc) is 2.68. The van der Waals surface area contributed by atoms with Crippen molar-refractivity contribution in [3.8, 4) is 0 Å². The molecule has 3 N–H and O–H groups in total. The van der Waals surface area contributed by atoms with Gasteiger partial charge in [0.15, 0.2) is 0 Å². The Morgan fingerprint density at radius 2 is 2.05 bits per heavy atom.